The van der Waals surface area contributed by atoms with Crippen LogP contribution in [0.1, 0.15) is 26.5 Å². The number of nitrogens with zero attached hydrogens (tertiary/aromatic N) is 1. The molecule has 0 aliphatic carbocycles. The van der Waals surface area contributed by atoms with Gasteiger partial charge < -0.3 is 14.4 Å². The molecule has 0 bridgehead atoms. The normalized spacial score (nSPS) is 13.4. The van der Waals surface area contributed by atoms with Crippen LogP contribution in [0.5, 0.6) is 0 Å². The number of anilines is 1. The van der Waals surface area contributed by atoms with Crippen molar-refractivity contribution < 1.29 is 19.1 Å². The third-order valence-corrected chi connectivity index (χ3v) is 3.20. The van der Waals surface area contributed by atoms with E-state index in [0.717, 1.165) is 11.3 Å². The zero-order valence-electron chi connectivity index (χ0n) is 10.00. The van der Waals surface area contributed by atoms with Gasteiger partial charge >= 0.3 is 5.97 Å². The van der Waals surface area contributed by atoms with Gasteiger partial charge in [0.05, 0.1) is 11.8 Å². The maximum atomic E-state index is 12.2. The molecule has 0 fully saturated rings. The van der Waals surface area contributed by atoms with Crippen molar-refractivity contribution in [2.45, 2.75) is 6.42 Å². The van der Waals surface area contributed by atoms with Crippen molar-refractivity contribution in [3.63, 3.8) is 0 Å². The first-order chi connectivity index (χ1) is 9.16. The number of aromatic carboxylic acids is 1. The van der Waals surface area contributed by atoms with Crippen molar-refractivity contribution in [3.05, 3.63) is 53.5 Å². The Labute approximate surface area is 109 Å². The van der Waals surface area contributed by atoms with Crippen molar-refractivity contribution >= 4 is 17.6 Å². The van der Waals surface area contributed by atoms with Crippen molar-refractivity contribution in [1.82, 2.24) is 0 Å². The molecule has 0 saturated heterocycles. The van der Waals surface area contributed by atoms with Gasteiger partial charge in [0, 0.05) is 12.2 Å². The van der Waals surface area contributed by atoms with E-state index in [2.05, 4.69) is 0 Å². The molecule has 0 unspecified atom stereocenters. The van der Waals surface area contributed by atoms with Crippen LogP contribution >= 0.6 is 0 Å². The highest BCUT2D eigenvalue weighted by molar-refractivity contribution is 6.05. The quantitative estimate of drug-likeness (QED) is 0.895. The minimum atomic E-state index is -0.960. The second-order valence-corrected chi connectivity index (χ2v) is 4.33. The Kier molecular flexibility index (Phi) is 2.59. The lowest BCUT2D eigenvalue weighted by atomic mass is 10.1. The van der Waals surface area contributed by atoms with Crippen LogP contribution in [-0.2, 0) is 6.42 Å². The van der Waals surface area contributed by atoms with Gasteiger partial charge in [0.1, 0.15) is 0 Å². The first-order valence-electron chi connectivity index (χ1n) is 5.88. The van der Waals surface area contributed by atoms with Gasteiger partial charge in [-0.25, -0.2) is 4.79 Å². The maximum absolute atomic E-state index is 12.2. The van der Waals surface area contributed by atoms with E-state index >= 15 is 0 Å². The smallest absolute Gasteiger partial charge is 0.335 e. The summed E-state index contributed by atoms with van der Waals surface area (Å²) in [5.74, 6) is -0.874. The minimum absolute atomic E-state index is 0.202. The molecule has 1 aromatic carbocycles. The van der Waals surface area contributed by atoms with Gasteiger partial charge in [0.2, 0.25) is 0 Å². The predicted molar refractivity (Wildman–Crippen MR) is 67.5 cm³/mol. The van der Waals surface area contributed by atoms with Crippen molar-refractivity contribution in [2.75, 3.05) is 11.4 Å². The van der Waals surface area contributed by atoms with E-state index in [1.54, 1.807) is 29.2 Å². The molecule has 1 aliphatic rings. The number of fused-ring (bicyclic) bond motifs is 1. The molecule has 3 rings (SSSR count). The highest BCUT2D eigenvalue weighted by Crippen LogP contribution is 2.30. The third-order valence-electron chi connectivity index (χ3n) is 3.20. The Hall–Kier alpha value is -2.56. The summed E-state index contributed by atoms with van der Waals surface area (Å²) in [6.45, 7) is 0.540. The molecule has 1 N–H and O–H groups in total. The van der Waals surface area contributed by atoms with Gasteiger partial charge in [-0.05, 0) is 42.3 Å². The van der Waals surface area contributed by atoms with Crippen LogP contribution in [0.25, 0.3) is 0 Å². The van der Waals surface area contributed by atoms with Crippen LogP contribution in [-0.4, -0.2) is 23.5 Å². The van der Waals surface area contributed by atoms with Crippen molar-refractivity contribution in [1.29, 1.82) is 0 Å². The van der Waals surface area contributed by atoms with Gasteiger partial charge in [0.15, 0.2) is 5.76 Å². The first kappa shape index (κ1) is 11.5. The number of carboxylic acids is 1. The molecule has 19 heavy (non-hydrogen) atoms. The molecule has 2 heterocycles. The summed E-state index contributed by atoms with van der Waals surface area (Å²) in [5, 5.41) is 8.95. The molecule has 1 aliphatic heterocycles. The number of carbonyl (C=O) groups excluding carboxylic acids is 1. The summed E-state index contributed by atoms with van der Waals surface area (Å²) in [7, 11) is 0. The summed E-state index contributed by atoms with van der Waals surface area (Å²) in [4.78, 5) is 24.7. The summed E-state index contributed by atoms with van der Waals surface area (Å²) >= 11 is 0. The number of hydrogen-bond donors (Lipinski definition) is 1. The molecule has 5 heteroatoms. The van der Waals surface area contributed by atoms with Crippen molar-refractivity contribution in [2.24, 2.45) is 0 Å². The first-order valence-corrected chi connectivity index (χ1v) is 5.88. The highest BCUT2D eigenvalue weighted by atomic mass is 16.4. The lowest BCUT2D eigenvalue weighted by Crippen LogP contribution is -2.28. The number of furan rings is 1. The second kappa shape index (κ2) is 4.28. The van der Waals surface area contributed by atoms with Gasteiger partial charge in [-0.15, -0.1) is 0 Å². The molecular weight excluding hydrogens is 246 g/mol. The Balaban J connectivity index is 1.94. The van der Waals surface area contributed by atoms with Crippen LogP contribution in [0.2, 0.25) is 0 Å². The average Bonchev–Trinajstić information content (AvgIpc) is 3.06. The fourth-order valence-electron chi connectivity index (χ4n) is 2.28. The molecule has 0 atom stereocenters. The summed E-state index contributed by atoms with van der Waals surface area (Å²) in [6, 6.07) is 8.08. The van der Waals surface area contributed by atoms with Gasteiger partial charge in [-0.2, -0.15) is 0 Å². The number of carboxylic acid groups (broad SMARTS) is 1. The Morgan fingerprint density at radius 3 is 2.79 bits per heavy atom. The fourth-order valence-corrected chi connectivity index (χ4v) is 2.28. The third kappa shape index (κ3) is 1.89. The van der Waals surface area contributed by atoms with E-state index in [1.165, 1.54) is 12.3 Å². The molecule has 1 amide bonds. The van der Waals surface area contributed by atoms with Crippen LogP contribution in [0.15, 0.2) is 41.0 Å². The monoisotopic (exact) mass is 257 g/mol. The van der Waals surface area contributed by atoms with Crippen molar-refractivity contribution in [3.8, 4) is 0 Å². The molecule has 0 saturated carbocycles. The minimum Gasteiger partial charge on any atom is -0.478 e. The van der Waals surface area contributed by atoms with E-state index < -0.39 is 5.97 Å². The fraction of sp³-hybridized carbons (Fsp3) is 0.143. The van der Waals surface area contributed by atoms with Crippen LogP contribution < -0.4 is 4.90 Å². The van der Waals surface area contributed by atoms with Crippen LogP contribution in [0.3, 0.4) is 0 Å². The standard InChI is InChI=1S/C14H11NO4/c16-13(12-2-1-7-19-12)15-6-5-9-8-10(14(17)18)3-4-11(9)15/h1-4,7-8H,5-6H2,(H,17,18). The Bertz CT molecular complexity index is 645. The molecule has 0 spiro atoms. The highest BCUT2D eigenvalue weighted by Gasteiger charge is 2.27. The molecule has 96 valence electrons. The van der Waals surface area contributed by atoms with Crippen LogP contribution in [0.4, 0.5) is 5.69 Å². The number of amides is 1. The molecule has 5 nitrogen and oxygen atoms in total. The maximum Gasteiger partial charge on any atom is 0.335 e. The van der Waals surface area contributed by atoms with E-state index in [0.29, 0.717) is 13.0 Å². The number of carbonyl (C=O) groups is 2. The van der Waals surface area contributed by atoms with Gasteiger partial charge in [0.25, 0.3) is 5.91 Å². The molecular formula is C14H11NO4. The topological polar surface area (TPSA) is 70.8 Å². The number of hydrogen-bond acceptors (Lipinski definition) is 3. The Morgan fingerprint density at radius 1 is 1.26 bits per heavy atom. The summed E-state index contributed by atoms with van der Waals surface area (Å²) in [5.41, 5.74) is 1.87. The van der Waals surface area contributed by atoms with Gasteiger partial charge in [-0.3, -0.25) is 4.79 Å². The SMILES string of the molecule is O=C(O)c1ccc2c(c1)CCN2C(=O)c1ccco1. The number of rotatable bonds is 2. The number of benzene rings is 1. The molecule has 0 radical (unpaired) electrons. The Morgan fingerprint density at radius 2 is 2.11 bits per heavy atom. The van der Waals surface area contributed by atoms with Gasteiger partial charge in [-0.1, -0.05) is 0 Å². The lowest BCUT2D eigenvalue weighted by molar-refractivity contribution is 0.0696. The largest absolute Gasteiger partial charge is 0.478 e. The zero-order valence-corrected chi connectivity index (χ0v) is 10.00. The second-order valence-electron chi connectivity index (χ2n) is 4.33. The van der Waals surface area contributed by atoms with E-state index in [9.17, 15) is 9.59 Å². The zero-order chi connectivity index (χ0) is 13.4. The van der Waals surface area contributed by atoms with E-state index in [1.807, 2.05) is 0 Å². The summed E-state index contributed by atoms with van der Waals surface area (Å²) in [6.07, 6.45) is 2.11. The lowest BCUT2D eigenvalue weighted by Gasteiger charge is -2.15. The van der Waals surface area contributed by atoms with E-state index in [4.69, 9.17) is 9.52 Å². The van der Waals surface area contributed by atoms with E-state index in [-0.39, 0.29) is 17.2 Å². The summed E-state index contributed by atoms with van der Waals surface area (Å²) < 4.78 is 5.10. The molecule has 2 aromatic rings. The predicted octanol–water partition coefficient (Wildman–Crippen LogP) is 2.18. The van der Waals surface area contributed by atoms with Crippen LogP contribution in [0, 0.1) is 0 Å². The molecule has 1 aromatic heterocycles. The average molecular weight is 257 g/mol.